The van der Waals surface area contributed by atoms with Gasteiger partial charge in [0.2, 0.25) is 6.43 Å². The van der Waals surface area contributed by atoms with Gasteiger partial charge in [0.15, 0.2) is 0 Å². The van der Waals surface area contributed by atoms with Gasteiger partial charge in [-0.25, -0.2) is 17.4 Å². The van der Waals surface area contributed by atoms with Crippen LogP contribution in [-0.2, 0) is 23.7 Å². The fourth-order valence-corrected chi connectivity index (χ4v) is 4.72. The molecule has 1 heterocycles. The highest BCUT2D eigenvalue weighted by molar-refractivity contribution is 7.84. The Balaban J connectivity index is 2.26. The van der Waals surface area contributed by atoms with Crippen LogP contribution in [0, 0.1) is 11.2 Å². The maximum atomic E-state index is 14.3. The lowest BCUT2D eigenvalue weighted by atomic mass is 9.89. The van der Waals surface area contributed by atoms with E-state index in [1.165, 1.54) is 18.2 Å². The van der Waals surface area contributed by atoms with Crippen LogP contribution in [0.4, 0.5) is 26.3 Å². The highest BCUT2D eigenvalue weighted by Gasteiger charge is 2.36. The van der Waals surface area contributed by atoms with Crippen molar-refractivity contribution in [1.82, 2.24) is 4.57 Å². The molecule has 3 rings (SSSR count). The second-order valence-corrected chi connectivity index (χ2v) is 12.6. The fourth-order valence-electron chi connectivity index (χ4n) is 4.37. The first kappa shape index (κ1) is 28.2. The molecule has 0 aliphatic carbocycles. The number of nitrogens with zero attached hydrogens (tertiary/aromatic N) is 1. The summed E-state index contributed by atoms with van der Waals surface area (Å²) in [6, 6.07) is 6.92. The minimum absolute atomic E-state index is 0.152. The molecule has 0 fully saturated rings. The number of nitrogens with two attached hydrogens (primary N) is 1. The summed E-state index contributed by atoms with van der Waals surface area (Å²) >= 11 is 0. The molecule has 0 radical (unpaired) electrons. The van der Waals surface area contributed by atoms with Crippen LogP contribution >= 0.6 is 0 Å². The quantitative estimate of drug-likeness (QED) is 0.312. The van der Waals surface area contributed by atoms with Crippen molar-refractivity contribution in [1.29, 1.82) is 0 Å². The second kappa shape index (κ2) is 9.85. The van der Waals surface area contributed by atoms with Gasteiger partial charge in [-0.05, 0) is 60.6 Å². The highest BCUT2D eigenvalue weighted by atomic mass is 32.2. The van der Waals surface area contributed by atoms with Crippen molar-refractivity contribution in [2.45, 2.75) is 70.9 Å². The van der Waals surface area contributed by atoms with Crippen LogP contribution < -0.4 is 5.14 Å². The van der Waals surface area contributed by atoms with Crippen molar-refractivity contribution < 1.29 is 30.6 Å². The van der Waals surface area contributed by atoms with E-state index in [1.807, 2.05) is 20.8 Å². The molecular formula is C26H30F6N2OS. The summed E-state index contributed by atoms with van der Waals surface area (Å²) in [5.41, 5.74) is -0.622. The summed E-state index contributed by atoms with van der Waals surface area (Å²) < 4.78 is 95.9. The van der Waals surface area contributed by atoms with Crippen LogP contribution in [0.15, 0.2) is 42.6 Å². The first-order valence-corrected chi connectivity index (χ1v) is 12.6. The molecule has 2 N–H and O–H groups in total. The Kier molecular flexibility index (Phi) is 7.73. The van der Waals surface area contributed by atoms with Gasteiger partial charge >= 0.3 is 6.18 Å². The van der Waals surface area contributed by atoms with Crippen molar-refractivity contribution in [3.05, 3.63) is 59.5 Å². The van der Waals surface area contributed by atoms with E-state index >= 15 is 0 Å². The first-order chi connectivity index (χ1) is 16.4. The molecule has 0 saturated heterocycles. The first-order valence-electron chi connectivity index (χ1n) is 11.3. The number of benzene rings is 2. The van der Waals surface area contributed by atoms with Crippen LogP contribution in [0.25, 0.3) is 22.0 Å². The average Bonchev–Trinajstić information content (AvgIpc) is 3.06. The zero-order valence-electron chi connectivity index (χ0n) is 20.7. The van der Waals surface area contributed by atoms with E-state index < -0.39 is 45.6 Å². The Morgan fingerprint density at radius 1 is 1.00 bits per heavy atom. The molecule has 0 bridgehead atoms. The van der Waals surface area contributed by atoms with E-state index in [4.69, 9.17) is 5.14 Å². The summed E-state index contributed by atoms with van der Waals surface area (Å²) in [6.07, 6.45) is -6.12. The molecule has 0 aliphatic rings. The molecule has 2 aromatic carbocycles. The van der Waals surface area contributed by atoms with Gasteiger partial charge in [-0.15, -0.1) is 0 Å². The lowest BCUT2D eigenvalue weighted by Gasteiger charge is -2.27. The van der Waals surface area contributed by atoms with Gasteiger partial charge in [-0.1, -0.05) is 39.0 Å². The fraction of sp³-hybridized carbons (Fsp3) is 0.462. The van der Waals surface area contributed by atoms with Crippen molar-refractivity contribution in [2.75, 3.05) is 0 Å². The van der Waals surface area contributed by atoms with Crippen molar-refractivity contribution in [3.8, 4) is 11.1 Å². The van der Waals surface area contributed by atoms with Gasteiger partial charge < -0.3 is 4.57 Å². The number of aromatic nitrogens is 1. The van der Waals surface area contributed by atoms with Crippen LogP contribution in [0.2, 0.25) is 0 Å². The highest BCUT2D eigenvalue weighted by Crippen LogP contribution is 2.42. The molecule has 10 heteroatoms. The molecule has 0 saturated carbocycles. The smallest absolute Gasteiger partial charge is 0.347 e. The minimum Gasteiger partial charge on any atom is -0.347 e. The van der Waals surface area contributed by atoms with E-state index in [2.05, 4.69) is 0 Å². The van der Waals surface area contributed by atoms with E-state index in [1.54, 1.807) is 24.6 Å². The molecule has 0 spiro atoms. The predicted molar refractivity (Wildman–Crippen MR) is 132 cm³/mol. The summed E-state index contributed by atoms with van der Waals surface area (Å²) in [7, 11) is -1.85. The molecule has 2 atom stereocenters. The zero-order valence-corrected chi connectivity index (χ0v) is 21.5. The molecule has 3 nitrogen and oxygen atoms in total. The summed E-state index contributed by atoms with van der Waals surface area (Å²) in [5, 5.41) is 6.01. The standard InChI is InChI=1S/C26H30F6N2OS/c1-24(2,3)14-34-13-20(19(23(28)29)12-25(4,5)36(33)35)18-8-6-15(10-22(18)34)17-9-7-16(27)11-21(17)26(30,31)32/h6-11,13,19,23H,12,14,33H2,1-5H3/t19-,36?/m0/s1. The van der Waals surface area contributed by atoms with E-state index in [0.29, 0.717) is 29.1 Å². The molecule has 36 heavy (non-hydrogen) atoms. The van der Waals surface area contributed by atoms with Gasteiger partial charge in [-0.2, -0.15) is 13.2 Å². The Hall–Kier alpha value is -2.33. The number of hydrogen-bond acceptors (Lipinski definition) is 1. The van der Waals surface area contributed by atoms with Crippen LogP contribution in [-0.4, -0.2) is 19.9 Å². The van der Waals surface area contributed by atoms with Gasteiger partial charge in [-0.3, -0.25) is 5.14 Å². The van der Waals surface area contributed by atoms with Gasteiger partial charge in [0.05, 0.1) is 21.3 Å². The van der Waals surface area contributed by atoms with E-state index in [-0.39, 0.29) is 23.0 Å². The van der Waals surface area contributed by atoms with E-state index in [0.717, 1.165) is 12.1 Å². The molecular weight excluding hydrogens is 502 g/mol. The Bertz CT molecular complexity index is 1270. The summed E-state index contributed by atoms with van der Waals surface area (Å²) in [4.78, 5) is 0. The van der Waals surface area contributed by atoms with Crippen LogP contribution in [0.5, 0.6) is 0 Å². The van der Waals surface area contributed by atoms with Gasteiger partial charge in [0.25, 0.3) is 0 Å². The predicted octanol–water partition coefficient (Wildman–Crippen LogP) is 7.65. The topological polar surface area (TPSA) is 48.0 Å². The van der Waals surface area contributed by atoms with E-state index in [9.17, 15) is 30.6 Å². The maximum Gasteiger partial charge on any atom is 0.417 e. The Labute approximate surface area is 209 Å². The Morgan fingerprint density at radius 3 is 2.17 bits per heavy atom. The lowest BCUT2D eigenvalue weighted by molar-refractivity contribution is -0.137. The number of hydrogen-bond donors (Lipinski definition) is 1. The Morgan fingerprint density at radius 2 is 1.64 bits per heavy atom. The van der Waals surface area contributed by atoms with Crippen LogP contribution in [0.1, 0.15) is 58.1 Å². The number of rotatable bonds is 7. The largest absolute Gasteiger partial charge is 0.417 e. The van der Waals surface area contributed by atoms with Crippen molar-refractivity contribution in [2.24, 2.45) is 10.6 Å². The van der Waals surface area contributed by atoms with Crippen LogP contribution in [0.3, 0.4) is 0 Å². The SMILES string of the molecule is CC(C)(C)Cn1cc([C@H](CC(C)(C)S(N)=O)C(F)F)c2ccc(-c3ccc(F)cc3C(F)(F)F)cc21. The third-order valence-corrected chi connectivity index (χ3v) is 7.37. The van der Waals surface area contributed by atoms with Gasteiger partial charge in [0.1, 0.15) is 5.82 Å². The maximum absolute atomic E-state index is 14.3. The zero-order chi connectivity index (χ0) is 27.2. The third kappa shape index (κ3) is 6.14. The number of halogens is 6. The molecule has 0 amide bonds. The molecule has 0 aliphatic heterocycles. The number of alkyl halides is 5. The van der Waals surface area contributed by atoms with Gasteiger partial charge in [0, 0.05) is 29.6 Å². The molecule has 198 valence electrons. The minimum atomic E-state index is -4.78. The van der Waals surface area contributed by atoms with Crippen molar-refractivity contribution in [3.63, 3.8) is 0 Å². The average molecular weight is 533 g/mol. The molecule has 1 aromatic heterocycles. The normalized spacial score (nSPS) is 15.0. The third-order valence-electron chi connectivity index (χ3n) is 6.12. The lowest BCUT2D eigenvalue weighted by Crippen LogP contribution is -2.35. The van der Waals surface area contributed by atoms with Crippen molar-refractivity contribution >= 4 is 21.9 Å². The molecule has 1 unspecified atom stereocenters. The second-order valence-electron chi connectivity index (χ2n) is 10.9. The monoisotopic (exact) mass is 532 g/mol. The molecule has 3 aromatic rings. The summed E-state index contributed by atoms with van der Waals surface area (Å²) in [5.74, 6) is -2.30. The summed E-state index contributed by atoms with van der Waals surface area (Å²) in [6.45, 7) is 9.38. The number of fused-ring (bicyclic) bond motifs is 1.